The maximum absolute atomic E-state index is 13.5. The first-order chi connectivity index (χ1) is 18.1. The Morgan fingerprint density at radius 1 is 1.03 bits per heavy atom. The summed E-state index contributed by atoms with van der Waals surface area (Å²) in [5.41, 5.74) is -1.19. The molecule has 1 aromatic heterocycles. The number of aromatic nitrogens is 3. The van der Waals surface area contributed by atoms with E-state index in [0.29, 0.717) is 30.4 Å². The van der Waals surface area contributed by atoms with Gasteiger partial charge in [-0.3, -0.25) is 9.59 Å². The Morgan fingerprint density at radius 3 is 2.53 bits per heavy atom. The van der Waals surface area contributed by atoms with Gasteiger partial charge in [0, 0.05) is 18.7 Å². The molecule has 0 bridgehead atoms. The molecular weight excluding hydrogens is 517 g/mol. The molecule has 2 aromatic carbocycles. The Bertz CT molecular complexity index is 1270. The highest BCUT2D eigenvalue weighted by atomic mass is 19.4. The maximum Gasteiger partial charge on any atom is 0.416 e. The molecule has 2 N–H and O–H groups in total. The second-order valence-corrected chi connectivity index (χ2v) is 7.72. The van der Waals surface area contributed by atoms with E-state index >= 15 is 0 Å². The average Bonchev–Trinajstić information content (AvgIpc) is 3.37. The van der Waals surface area contributed by atoms with E-state index in [-0.39, 0.29) is 42.7 Å². The number of benzene rings is 2. The van der Waals surface area contributed by atoms with Crippen molar-refractivity contribution >= 4 is 11.8 Å². The zero-order valence-electron chi connectivity index (χ0n) is 20.1. The van der Waals surface area contributed by atoms with Crippen LogP contribution in [0.2, 0.25) is 0 Å². The van der Waals surface area contributed by atoms with E-state index < -0.39 is 42.2 Å². The molecule has 3 aromatic rings. The van der Waals surface area contributed by atoms with Crippen molar-refractivity contribution < 1.29 is 41.0 Å². The van der Waals surface area contributed by atoms with Crippen LogP contribution in [-0.2, 0) is 17.5 Å². The monoisotopic (exact) mass is 541 g/mol. The van der Waals surface area contributed by atoms with Gasteiger partial charge in [-0.1, -0.05) is 5.21 Å². The molecule has 0 unspecified atom stereocenters. The van der Waals surface area contributed by atoms with Crippen molar-refractivity contribution in [2.24, 2.45) is 0 Å². The summed E-state index contributed by atoms with van der Waals surface area (Å²) in [5.74, 6) is -1.91. The van der Waals surface area contributed by atoms with Crippen LogP contribution in [0.3, 0.4) is 0 Å². The number of hydrogen-bond donors (Lipinski definition) is 2. The fraction of sp³-hybridized carbons (Fsp3) is 0.333. The molecule has 0 aliphatic heterocycles. The van der Waals surface area contributed by atoms with E-state index in [9.17, 15) is 31.5 Å². The summed E-state index contributed by atoms with van der Waals surface area (Å²) in [5, 5.41) is 12.5. The van der Waals surface area contributed by atoms with E-state index in [1.165, 1.54) is 29.1 Å². The van der Waals surface area contributed by atoms with Gasteiger partial charge < -0.3 is 20.1 Å². The molecule has 0 saturated heterocycles. The molecule has 9 nitrogen and oxygen atoms in total. The van der Waals surface area contributed by atoms with Gasteiger partial charge in [0.15, 0.2) is 5.69 Å². The van der Waals surface area contributed by atoms with Crippen LogP contribution in [0, 0.1) is 5.82 Å². The van der Waals surface area contributed by atoms with Crippen LogP contribution in [0.1, 0.15) is 38.9 Å². The van der Waals surface area contributed by atoms with E-state index in [1.54, 1.807) is 6.92 Å². The van der Waals surface area contributed by atoms with Gasteiger partial charge in [-0.05, 0) is 48.9 Å². The highest BCUT2D eigenvalue weighted by Gasteiger charge is 2.33. The Morgan fingerprint density at radius 2 is 1.82 bits per heavy atom. The lowest BCUT2D eigenvalue weighted by Crippen LogP contribution is -2.25. The van der Waals surface area contributed by atoms with Crippen molar-refractivity contribution in [1.29, 1.82) is 0 Å². The molecule has 0 radical (unpaired) electrons. The van der Waals surface area contributed by atoms with Crippen molar-refractivity contribution in [2.75, 3.05) is 33.0 Å². The predicted molar refractivity (Wildman–Crippen MR) is 124 cm³/mol. The van der Waals surface area contributed by atoms with Gasteiger partial charge in [-0.15, -0.1) is 5.10 Å². The second-order valence-electron chi connectivity index (χ2n) is 7.72. The largest absolute Gasteiger partial charge is 0.489 e. The number of halogens is 5. The highest BCUT2D eigenvalue weighted by molar-refractivity contribution is 5.95. The summed E-state index contributed by atoms with van der Waals surface area (Å²) in [6.07, 6.45) is -3.52. The lowest BCUT2D eigenvalue weighted by Gasteiger charge is -2.13. The minimum absolute atomic E-state index is 0.0169. The Labute approximate surface area is 213 Å². The van der Waals surface area contributed by atoms with E-state index in [4.69, 9.17) is 9.47 Å². The van der Waals surface area contributed by atoms with Crippen molar-refractivity contribution in [3.8, 4) is 11.4 Å². The fourth-order valence-corrected chi connectivity index (χ4v) is 3.33. The first kappa shape index (κ1) is 28.5. The van der Waals surface area contributed by atoms with Crippen LogP contribution < -0.4 is 15.4 Å². The van der Waals surface area contributed by atoms with Gasteiger partial charge >= 0.3 is 6.18 Å². The number of hydrogen-bond acceptors (Lipinski definition) is 6. The van der Waals surface area contributed by atoms with Crippen molar-refractivity contribution in [3.05, 3.63) is 70.8 Å². The molecular formula is C24H24F5N5O4. The lowest BCUT2D eigenvalue weighted by molar-refractivity contribution is -0.138. The third-order valence-corrected chi connectivity index (χ3v) is 5.05. The molecule has 0 aliphatic carbocycles. The summed E-state index contributed by atoms with van der Waals surface area (Å²) in [4.78, 5) is 24.8. The zero-order valence-corrected chi connectivity index (χ0v) is 20.1. The Hall–Kier alpha value is -4.07. The lowest BCUT2D eigenvalue weighted by atomic mass is 10.1. The van der Waals surface area contributed by atoms with Gasteiger partial charge in [0.1, 0.15) is 30.5 Å². The molecule has 0 saturated carbocycles. The molecule has 14 heteroatoms. The first-order valence-electron chi connectivity index (χ1n) is 11.4. The number of rotatable bonds is 12. The van der Waals surface area contributed by atoms with Crippen LogP contribution in [0.4, 0.5) is 22.0 Å². The van der Waals surface area contributed by atoms with Crippen LogP contribution >= 0.6 is 0 Å². The average molecular weight is 541 g/mol. The Kier molecular flexibility index (Phi) is 9.71. The second kappa shape index (κ2) is 12.9. The third kappa shape index (κ3) is 7.47. The van der Waals surface area contributed by atoms with Crippen LogP contribution in [0.5, 0.6) is 5.75 Å². The number of nitrogens with zero attached hydrogens (tertiary/aromatic N) is 3. The molecule has 0 fully saturated rings. The van der Waals surface area contributed by atoms with Crippen molar-refractivity contribution in [2.45, 2.75) is 19.6 Å². The molecule has 204 valence electrons. The molecule has 0 spiro atoms. The number of carbonyl (C=O) groups excluding carboxylic acids is 2. The van der Waals surface area contributed by atoms with Gasteiger partial charge in [-0.2, -0.15) is 13.2 Å². The van der Waals surface area contributed by atoms with Crippen molar-refractivity contribution in [3.63, 3.8) is 0 Å². The summed E-state index contributed by atoms with van der Waals surface area (Å²) in [7, 11) is 0. The smallest absolute Gasteiger partial charge is 0.416 e. The molecule has 1 heterocycles. The quantitative estimate of drug-likeness (QED) is 0.269. The van der Waals surface area contributed by atoms with E-state index in [1.807, 2.05) is 0 Å². The van der Waals surface area contributed by atoms with Crippen molar-refractivity contribution in [1.82, 2.24) is 25.6 Å². The SMILES string of the molecule is CCNC(=O)c1ccc(-n2cc(C(=O)NCc3cc(F)ccc3C(F)(F)F)nn2)c(OCCOCCF)c1. The molecule has 38 heavy (non-hydrogen) atoms. The van der Waals surface area contributed by atoms with Gasteiger partial charge in [0.25, 0.3) is 11.8 Å². The number of amides is 2. The van der Waals surface area contributed by atoms with Gasteiger partial charge in [0.05, 0.1) is 25.0 Å². The van der Waals surface area contributed by atoms with E-state index in [0.717, 1.165) is 0 Å². The topological polar surface area (TPSA) is 107 Å². The number of alkyl halides is 4. The maximum atomic E-state index is 13.5. The minimum atomic E-state index is -4.73. The standard InChI is InChI=1S/C24H24F5N5O4/c1-2-30-22(35)15-3-6-20(21(12-15)38-10-9-37-8-7-25)34-14-19(32-33-34)23(36)31-13-16-11-17(26)4-5-18(16)24(27,28)29/h3-6,11-12,14H,2,7-10,13H2,1H3,(H,30,35)(H,31,36). The highest BCUT2D eigenvalue weighted by Crippen LogP contribution is 2.32. The van der Waals surface area contributed by atoms with E-state index in [2.05, 4.69) is 20.9 Å². The first-order valence-corrected chi connectivity index (χ1v) is 11.4. The number of nitrogens with one attached hydrogen (secondary N) is 2. The predicted octanol–water partition coefficient (Wildman–Crippen LogP) is 3.47. The normalized spacial score (nSPS) is 11.3. The summed E-state index contributed by atoms with van der Waals surface area (Å²) in [6, 6.07) is 6.42. The number of ether oxygens (including phenoxy) is 2. The van der Waals surface area contributed by atoms with Gasteiger partial charge in [0.2, 0.25) is 0 Å². The zero-order chi connectivity index (χ0) is 27.7. The van der Waals surface area contributed by atoms with Crippen LogP contribution in [-0.4, -0.2) is 59.8 Å². The van der Waals surface area contributed by atoms with Gasteiger partial charge in [-0.25, -0.2) is 13.5 Å². The summed E-state index contributed by atoms with van der Waals surface area (Å²) in [6.45, 7) is 0.881. The minimum Gasteiger partial charge on any atom is -0.489 e. The Balaban J connectivity index is 1.78. The van der Waals surface area contributed by atoms with Crippen LogP contribution in [0.25, 0.3) is 5.69 Å². The summed E-state index contributed by atoms with van der Waals surface area (Å²) >= 11 is 0. The summed E-state index contributed by atoms with van der Waals surface area (Å²) < 4.78 is 77.3. The molecule has 0 aliphatic rings. The molecule has 2 amide bonds. The number of carbonyl (C=O) groups is 2. The molecule has 3 rings (SSSR count). The fourth-order valence-electron chi connectivity index (χ4n) is 3.33. The van der Waals surface area contributed by atoms with Crippen LogP contribution in [0.15, 0.2) is 42.6 Å². The third-order valence-electron chi connectivity index (χ3n) is 5.05. The molecule has 0 atom stereocenters.